The fraction of sp³-hybridized carbons (Fsp3) is 0.364. The van der Waals surface area contributed by atoms with Crippen LogP contribution in [0.1, 0.15) is 12.5 Å². The zero-order valence-corrected chi connectivity index (χ0v) is 11.5. The fourth-order valence-electron chi connectivity index (χ4n) is 1.27. The number of nitrogens with one attached hydrogen (secondary N) is 1. The molecule has 1 aromatic carbocycles. The van der Waals surface area contributed by atoms with Crippen LogP contribution in [0.4, 0.5) is 0 Å². The first-order valence-electron chi connectivity index (χ1n) is 5.12. The molecular weight excluding hydrogens is 276 g/mol. The second-order valence-corrected chi connectivity index (χ2v) is 6.05. The van der Waals surface area contributed by atoms with Crippen molar-refractivity contribution in [1.29, 1.82) is 5.26 Å². The summed E-state index contributed by atoms with van der Waals surface area (Å²) in [6, 6.07) is 6.70. The Morgan fingerprint density at radius 1 is 1.56 bits per heavy atom. The van der Waals surface area contributed by atoms with E-state index < -0.39 is 15.3 Å². The van der Waals surface area contributed by atoms with Gasteiger partial charge < -0.3 is 4.74 Å². The Kier molecular flexibility index (Phi) is 4.96. The minimum absolute atomic E-state index is 0.0167. The average Bonchev–Trinajstić information content (AvgIpc) is 2.35. The molecule has 0 bridgehead atoms. The number of rotatable bonds is 5. The molecule has 98 valence electrons. The first kappa shape index (κ1) is 14.8. The van der Waals surface area contributed by atoms with Gasteiger partial charge in [0.05, 0.1) is 13.2 Å². The van der Waals surface area contributed by atoms with Crippen LogP contribution in [0, 0.1) is 11.3 Å². The molecule has 5 nitrogen and oxygen atoms in total. The monoisotopic (exact) mass is 288 g/mol. The summed E-state index contributed by atoms with van der Waals surface area (Å²) in [7, 11) is -2.20. The molecule has 1 aromatic rings. The van der Waals surface area contributed by atoms with Crippen molar-refractivity contribution in [3.8, 4) is 11.8 Å². The number of hydrogen-bond donors (Lipinski definition) is 1. The Morgan fingerprint density at radius 3 is 2.78 bits per heavy atom. The predicted octanol–water partition coefficient (Wildman–Crippen LogP) is 1.68. The van der Waals surface area contributed by atoms with Gasteiger partial charge in [0.15, 0.2) is 5.25 Å². The van der Waals surface area contributed by atoms with E-state index >= 15 is 0 Å². The van der Waals surface area contributed by atoms with Crippen LogP contribution >= 0.6 is 11.6 Å². The molecule has 1 N–H and O–H groups in total. The Bertz CT molecular complexity index is 566. The Labute approximate surface area is 111 Å². The molecule has 0 aliphatic heterocycles. The van der Waals surface area contributed by atoms with Gasteiger partial charge in [0.25, 0.3) is 0 Å². The van der Waals surface area contributed by atoms with Crippen molar-refractivity contribution >= 4 is 21.6 Å². The van der Waals surface area contributed by atoms with E-state index in [0.717, 1.165) is 0 Å². The molecule has 0 saturated carbocycles. The van der Waals surface area contributed by atoms with E-state index in [0.29, 0.717) is 16.3 Å². The van der Waals surface area contributed by atoms with Gasteiger partial charge in [-0.25, -0.2) is 13.1 Å². The van der Waals surface area contributed by atoms with Crippen molar-refractivity contribution in [3.05, 3.63) is 28.8 Å². The molecule has 1 rings (SSSR count). The summed E-state index contributed by atoms with van der Waals surface area (Å²) in [5.41, 5.74) is 0.537. The molecule has 0 heterocycles. The highest BCUT2D eigenvalue weighted by Gasteiger charge is 2.20. The van der Waals surface area contributed by atoms with Crippen molar-refractivity contribution in [3.63, 3.8) is 0 Å². The van der Waals surface area contributed by atoms with E-state index in [2.05, 4.69) is 4.72 Å². The average molecular weight is 289 g/mol. The Morgan fingerprint density at radius 2 is 2.22 bits per heavy atom. The van der Waals surface area contributed by atoms with Gasteiger partial charge in [-0.15, -0.1) is 0 Å². The lowest BCUT2D eigenvalue weighted by molar-refractivity contribution is 0.409. The first-order valence-corrected chi connectivity index (χ1v) is 7.04. The number of nitriles is 1. The fourth-order valence-corrected chi connectivity index (χ4v) is 2.24. The molecule has 1 atom stereocenters. The van der Waals surface area contributed by atoms with Gasteiger partial charge in [0.1, 0.15) is 5.75 Å². The van der Waals surface area contributed by atoms with Crippen molar-refractivity contribution in [2.24, 2.45) is 0 Å². The van der Waals surface area contributed by atoms with E-state index in [9.17, 15) is 8.42 Å². The van der Waals surface area contributed by atoms with Gasteiger partial charge >= 0.3 is 0 Å². The summed E-state index contributed by atoms with van der Waals surface area (Å²) in [5, 5.41) is 7.89. The van der Waals surface area contributed by atoms with Crippen LogP contribution in [0.5, 0.6) is 5.75 Å². The van der Waals surface area contributed by atoms with Crippen molar-refractivity contribution in [1.82, 2.24) is 4.72 Å². The van der Waals surface area contributed by atoms with E-state index in [1.807, 2.05) is 0 Å². The quantitative estimate of drug-likeness (QED) is 0.894. The van der Waals surface area contributed by atoms with Crippen LogP contribution in [-0.2, 0) is 16.6 Å². The van der Waals surface area contributed by atoms with E-state index in [-0.39, 0.29) is 6.54 Å². The molecule has 0 radical (unpaired) electrons. The maximum Gasteiger partial charge on any atom is 0.227 e. The molecular formula is C11H13ClN2O3S. The number of sulfonamides is 1. The zero-order chi connectivity index (χ0) is 13.8. The standard InChI is InChI=1S/C11H13ClN2O3S/c1-8(6-13)18(15,16)14-7-9-10(12)4-3-5-11(9)17-2/h3-5,8,14H,7H2,1-2H3. The highest BCUT2D eigenvalue weighted by molar-refractivity contribution is 7.90. The molecule has 0 amide bonds. The van der Waals surface area contributed by atoms with E-state index in [1.165, 1.54) is 14.0 Å². The first-order chi connectivity index (χ1) is 8.42. The zero-order valence-electron chi connectivity index (χ0n) is 9.97. The Balaban J connectivity index is 2.91. The molecule has 0 aliphatic carbocycles. The van der Waals surface area contributed by atoms with Crippen LogP contribution in [0.3, 0.4) is 0 Å². The summed E-state index contributed by atoms with van der Waals surface area (Å²) in [6.07, 6.45) is 0. The normalized spacial score (nSPS) is 12.8. The second-order valence-electron chi connectivity index (χ2n) is 3.56. The molecule has 0 spiro atoms. The van der Waals surface area contributed by atoms with Gasteiger partial charge in [-0.1, -0.05) is 17.7 Å². The third-order valence-electron chi connectivity index (χ3n) is 2.39. The van der Waals surface area contributed by atoms with Gasteiger partial charge in [-0.05, 0) is 19.1 Å². The summed E-state index contributed by atoms with van der Waals surface area (Å²) >= 11 is 5.97. The number of nitrogens with zero attached hydrogens (tertiary/aromatic N) is 1. The number of hydrogen-bond acceptors (Lipinski definition) is 4. The predicted molar refractivity (Wildman–Crippen MR) is 68.8 cm³/mol. The largest absolute Gasteiger partial charge is 0.496 e. The number of methoxy groups -OCH3 is 1. The third-order valence-corrected chi connectivity index (χ3v) is 4.33. The minimum Gasteiger partial charge on any atom is -0.496 e. The summed E-state index contributed by atoms with van der Waals surface area (Å²) in [5.74, 6) is 0.495. The van der Waals surface area contributed by atoms with Gasteiger partial charge in [0, 0.05) is 17.1 Å². The number of ether oxygens (including phenoxy) is 1. The van der Waals surface area contributed by atoms with Crippen LogP contribution in [0.25, 0.3) is 0 Å². The summed E-state index contributed by atoms with van der Waals surface area (Å²) in [4.78, 5) is 0. The van der Waals surface area contributed by atoms with Gasteiger partial charge in [-0.3, -0.25) is 0 Å². The van der Waals surface area contributed by atoms with Crippen LogP contribution < -0.4 is 9.46 Å². The SMILES string of the molecule is COc1cccc(Cl)c1CNS(=O)(=O)C(C)C#N. The van der Waals surface area contributed by atoms with Gasteiger partial charge in [0.2, 0.25) is 10.0 Å². The van der Waals surface area contributed by atoms with Crippen LogP contribution in [0.2, 0.25) is 5.02 Å². The summed E-state index contributed by atoms with van der Waals surface area (Å²) in [6.45, 7) is 1.30. The lowest BCUT2D eigenvalue weighted by atomic mass is 10.2. The molecule has 0 fully saturated rings. The molecule has 0 aliphatic rings. The van der Waals surface area contributed by atoms with Crippen LogP contribution in [-0.4, -0.2) is 20.8 Å². The number of halogens is 1. The third kappa shape index (κ3) is 3.35. The smallest absolute Gasteiger partial charge is 0.227 e. The Hall–Kier alpha value is -1.29. The maximum atomic E-state index is 11.6. The lowest BCUT2D eigenvalue weighted by Crippen LogP contribution is -2.31. The number of benzene rings is 1. The minimum atomic E-state index is -3.68. The van der Waals surface area contributed by atoms with Gasteiger partial charge in [-0.2, -0.15) is 5.26 Å². The molecule has 18 heavy (non-hydrogen) atoms. The maximum absolute atomic E-state index is 11.6. The highest BCUT2D eigenvalue weighted by Crippen LogP contribution is 2.26. The van der Waals surface area contributed by atoms with E-state index in [4.69, 9.17) is 21.6 Å². The second kappa shape index (κ2) is 6.05. The lowest BCUT2D eigenvalue weighted by Gasteiger charge is -2.12. The molecule has 0 saturated heterocycles. The summed E-state index contributed by atoms with van der Waals surface area (Å²) < 4.78 is 30.7. The van der Waals surface area contributed by atoms with Crippen molar-refractivity contribution in [2.75, 3.05) is 7.11 Å². The molecule has 1 unspecified atom stereocenters. The van der Waals surface area contributed by atoms with Crippen molar-refractivity contribution in [2.45, 2.75) is 18.7 Å². The highest BCUT2D eigenvalue weighted by atomic mass is 35.5. The van der Waals surface area contributed by atoms with Crippen molar-refractivity contribution < 1.29 is 13.2 Å². The van der Waals surface area contributed by atoms with Crippen LogP contribution in [0.15, 0.2) is 18.2 Å². The molecule has 0 aromatic heterocycles. The molecule has 7 heteroatoms. The topological polar surface area (TPSA) is 79.2 Å². The van der Waals surface area contributed by atoms with E-state index in [1.54, 1.807) is 24.3 Å².